The predicted octanol–water partition coefficient (Wildman–Crippen LogP) is 2.80. The Morgan fingerprint density at radius 2 is 2.11 bits per heavy atom. The second-order valence-corrected chi connectivity index (χ2v) is 7.19. The van der Waals surface area contributed by atoms with Crippen molar-refractivity contribution in [2.75, 3.05) is 32.7 Å². The van der Waals surface area contributed by atoms with Crippen LogP contribution < -0.4 is 0 Å². The molecule has 7 nitrogen and oxygen atoms in total. The summed E-state index contributed by atoms with van der Waals surface area (Å²) in [4.78, 5) is 25.7. The van der Waals surface area contributed by atoms with Crippen molar-refractivity contribution in [3.05, 3.63) is 29.5 Å². The smallest absolute Gasteiger partial charge is 0.236 e. The Bertz CT molecular complexity index is 784. The topological polar surface area (TPSA) is 75.4 Å². The molecule has 0 spiro atoms. The summed E-state index contributed by atoms with van der Waals surface area (Å²) >= 11 is 0. The van der Waals surface area contributed by atoms with Crippen molar-refractivity contribution >= 4 is 5.91 Å². The average Bonchev–Trinajstić information content (AvgIpc) is 3.09. The highest BCUT2D eigenvalue weighted by atomic mass is 16.5. The molecule has 0 unspecified atom stereocenters. The van der Waals surface area contributed by atoms with Gasteiger partial charge in [0.25, 0.3) is 0 Å². The van der Waals surface area contributed by atoms with Crippen LogP contribution in [0.15, 0.2) is 16.8 Å². The van der Waals surface area contributed by atoms with Crippen LogP contribution in [-0.2, 0) is 4.79 Å². The molecule has 0 N–H and O–H groups in total. The van der Waals surface area contributed by atoms with E-state index in [1.165, 1.54) is 0 Å². The molecule has 146 valence electrons. The number of aryl methyl sites for hydroxylation is 2. The van der Waals surface area contributed by atoms with Crippen LogP contribution in [0.5, 0.6) is 0 Å². The number of nitrogens with zero attached hydrogens (tertiary/aromatic N) is 5. The predicted molar refractivity (Wildman–Crippen MR) is 103 cm³/mol. The molecular formula is C20H29N5O2. The number of hydrogen-bond donors (Lipinski definition) is 0. The molecule has 1 saturated heterocycles. The van der Waals surface area contributed by atoms with Crippen LogP contribution in [0.3, 0.4) is 0 Å². The maximum absolute atomic E-state index is 12.5. The second-order valence-electron chi connectivity index (χ2n) is 7.19. The fraction of sp³-hybridized carbons (Fsp3) is 0.600. The van der Waals surface area contributed by atoms with E-state index >= 15 is 0 Å². The van der Waals surface area contributed by atoms with Gasteiger partial charge in [-0.25, -0.2) is 9.97 Å². The van der Waals surface area contributed by atoms with Gasteiger partial charge in [0.05, 0.1) is 23.5 Å². The molecule has 0 aliphatic carbocycles. The molecule has 1 amide bonds. The third-order valence-corrected chi connectivity index (χ3v) is 5.20. The van der Waals surface area contributed by atoms with Gasteiger partial charge in [0.1, 0.15) is 5.82 Å². The number of likely N-dealkylation sites (N-methyl/N-ethyl adjacent to an activating group) is 1. The van der Waals surface area contributed by atoms with Gasteiger partial charge in [0.15, 0.2) is 5.76 Å². The van der Waals surface area contributed by atoms with Gasteiger partial charge in [-0.15, -0.1) is 0 Å². The molecule has 0 radical (unpaired) electrons. The zero-order valence-electron chi connectivity index (χ0n) is 16.7. The molecule has 3 rings (SSSR count). The van der Waals surface area contributed by atoms with Crippen LogP contribution in [0.25, 0.3) is 11.3 Å². The lowest BCUT2D eigenvalue weighted by Gasteiger charge is -2.33. The summed E-state index contributed by atoms with van der Waals surface area (Å²) in [7, 11) is 0. The van der Waals surface area contributed by atoms with Crippen LogP contribution >= 0.6 is 0 Å². The molecule has 2 aromatic rings. The van der Waals surface area contributed by atoms with Crippen molar-refractivity contribution in [3.8, 4) is 11.3 Å². The zero-order valence-corrected chi connectivity index (χ0v) is 16.7. The number of aromatic nitrogens is 3. The van der Waals surface area contributed by atoms with E-state index in [0.29, 0.717) is 12.3 Å². The standard InChI is InChI=1S/C20H29N5O2/c1-5-25(6-2)19(26)13-24-9-7-8-16(12-24)20-17(11-21-15(4)22-20)18-10-14(3)23-27-18/h10-11,16H,5-9,12-13H2,1-4H3/t16-/m1/s1. The summed E-state index contributed by atoms with van der Waals surface area (Å²) in [6, 6.07) is 1.92. The Balaban J connectivity index is 1.80. The van der Waals surface area contributed by atoms with Crippen molar-refractivity contribution in [2.45, 2.75) is 46.5 Å². The fourth-order valence-electron chi connectivity index (χ4n) is 3.77. The first-order chi connectivity index (χ1) is 13.0. The van der Waals surface area contributed by atoms with Gasteiger partial charge in [-0.2, -0.15) is 0 Å². The van der Waals surface area contributed by atoms with Crippen LogP contribution in [0.2, 0.25) is 0 Å². The number of likely N-dealkylation sites (tertiary alicyclic amines) is 1. The SMILES string of the molecule is CCN(CC)C(=O)CN1CCC[C@@H](c2nc(C)ncc2-c2cc(C)no2)C1. The summed E-state index contributed by atoms with van der Waals surface area (Å²) < 4.78 is 5.47. The minimum absolute atomic E-state index is 0.200. The quantitative estimate of drug-likeness (QED) is 0.777. The van der Waals surface area contributed by atoms with Gasteiger partial charge in [0.2, 0.25) is 5.91 Å². The molecular weight excluding hydrogens is 342 g/mol. The Morgan fingerprint density at radius 3 is 2.78 bits per heavy atom. The van der Waals surface area contributed by atoms with Gasteiger partial charge < -0.3 is 9.42 Å². The molecule has 1 aliphatic heterocycles. The lowest BCUT2D eigenvalue weighted by molar-refractivity contribution is -0.132. The van der Waals surface area contributed by atoms with E-state index in [1.807, 2.05) is 44.9 Å². The average molecular weight is 371 g/mol. The second kappa shape index (κ2) is 8.61. The van der Waals surface area contributed by atoms with Crippen LogP contribution in [-0.4, -0.2) is 63.6 Å². The molecule has 27 heavy (non-hydrogen) atoms. The molecule has 1 fully saturated rings. The first kappa shape index (κ1) is 19.5. The Labute approximate surface area is 160 Å². The highest BCUT2D eigenvalue weighted by Gasteiger charge is 2.28. The highest BCUT2D eigenvalue weighted by Crippen LogP contribution is 2.33. The molecule has 7 heteroatoms. The molecule has 2 aromatic heterocycles. The van der Waals surface area contributed by atoms with Gasteiger partial charge >= 0.3 is 0 Å². The van der Waals surface area contributed by atoms with Crippen molar-refractivity contribution in [1.29, 1.82) is 0 Å². The summed E-state index contributed by atoms with van der Waals surface area (Å²) in [5.74, 6) is 1.91. The van der Waals surface area contributed by atoms with E-state index < -0.39 is 0 Å². The highest BCUT2D eigenvalue weighted by molar-refractivity contribution is 5.78. The Morgan fingerprint density at radius 1 is 1.33 bits per heavy atom. The maximum atomic E-state index is 12.5. The van der Waals surface area contributed by atoms with E-state index in [1.54, 1.807) is 0 Å². The number of piperidine rings is 1. The van der Waals surface area contributed by atoms with Crippen LogP contribution in [0.4, 0.5) is 0 Å². The molecule has 0 bridgehead atoms. The monoisotopic (exact) mass is 371 g/mol. The largest absolute Gasteiger partial charge is 0.356 e. The lowest BCUT2D eigenvalue weighted by atomic mass is 9.91. The molecule has 0 aromatic carbocycles. The summed E-state index contributed by atoms with van der Waals surface area (Å²) in [6.07, 6.45) is 3.93. The van der Waals surface area contributed by atoms with Gasteiger partial charge in [-0.1, -0.05) is 5.16 Å². The zero-order chi connectivity index (χ0) is 19.4. The van der Waals surface area contributed by atoms with Gasteiger partial charge in [0, 0.05) is 37.8 Å². The van der Waals surface area contributed by atoms with E-state index in [0.717, 1.165) is 61.8 Å². The third kappa shape index (κ3) is 4.53. The normalized spacial score (nSPS) is 17.9. The summed E-state index contributed by atoms with van der Waals surface area (Å²) in [6.45, 7) is 11.6. The number of carbonyl (C=O) groups is 1. The van der Waals surface area contributed by atoms with Crippen molar-refractivity contribution in [2.24, 2.45) is 0 Å². The fourth-order valence-corrected chi connectivity index (χ4v) is 3.77. The van der Waals surface area contributed by atoms with E-state index in [9.17, 15) is 4.79 Å². The minimum atomic E-state index is 0.200. The summed E-state index contributed by atoms with van der Waals surface area (Å²) in [5, 5.41) is 4.00. The van der Waals surface area contributed by atoms with Gasteiger partial charge in [-0.3, -0.25) is 9.69 Å². The van der Waals surface area contributed by atoms with Gasteiger partial charge in [-0.05, 0) is 47.1 Å². The number of rotatable bonds is 6. The van der Waals surface area contributed by atoms with Crippen molar-refractivity contribution < 1.29 is 9.32 Å². The molecule has 0 saturated carbocycles. The Hall–Kier alpha value is -2.28. The maximum Gasteiger partial charge on any atom is 0.236 e. The first-order valence-electron chi connectivity index (χ1n) is 9.79. The number of amides is 1. The minimum Gasteiger partial charge on any atom is -0.356 e. The number of hydrogen-bond acceptors (Lipinski definition) is 6. The van der Waals surface area contributed by atoms with Crippen molar-refractivity contribution in [3.63, 3.8) is 0 Å². The summed E-state index contributed by atoms with van der Waals surface area (Å²) in [5.41, 5.74) is 2.74. The van der Waals surface area contributed by atoms with Crippen molar-refractivity contribution in [1.82, 2.24) is 24.9 Å². The van der Waals surface area contributed by atoms with E-state index in [4.69, 9.17) is 9.51 Å². The number of carbonyl (C=O) groups excluding carboxylic acids is 1. The lowest BCUT2D eigenvalue weighted by Crippen LogP contribution is -2.43. The Kier molecular flexibility index (Phi) is 6.21. The molecule has 1 atom stereocenters. The molecule has 1 aliphatic rings. The van der Waals surface area contributed by atoms with E-state index in [2.05, 4.69) is 15.0 Å². The first-order valence-corrected chi connectivity index (χ1v) is 9.79. The van der Waals surface area contributed by atoms with Crippen LogP contribution in [0, 0.1) is 13.8 Å². The third-order valence-electron chi connectivity index (χ3n) is 5.20. The van der Waals surface area contributed by atoms with E-state index in [-0.39, 0.29) is 11.8 Å². The molecule has 3 heterocycles. The van der Waals surface area contributed by atoms with Crippen LogP contribution in [0.1, 0.15) is 49.8 Å².